The first kappa shape index (κ1) is 20.2. The summed E-state index contributed by atoms with van der Waals surface area (Å²) in [4.78, 5) is 12.4. The van der Waals surface area contributed by atoms with E-state index in [-0.39, 0.29) is 30.2 Å². The second kappa shape index (κ2) is 11.8. The second-order valence-electron chi connectivity index (χ2n) is 4.67. The Kier molecular flexibility index (Phi) is 11.4. The zero-order chi connectivity index (χ0) is 14.8. The molecule has 1 amide bonds. The van der Waals surface area contributed by atoms with Crippen LogP contribution in [0.25, 0.3) is 0 Å². The Morgan fingerprint density at radius 3 is 2.76 bits per heavy atom. The van der Waals surface area contributed by atoms with Gasteiger partial charge < -0.3 is 11.1 Å². The molecule has 0 saturated carbocycles. The van der Waals surface area contributed by atoms with Gasteiger partial charge in [0.1, 0.15) is 5.82 Å². The number of thioether (sulfide) groups is 1. The molecule has 6 heteroatoms. The van der Waals surface area contributed by atoms with E-state index in [0.29, 0.717) is 23.6 Å². The van der Waals surface area contributed by atoms with Crippen LogP contribution in [-0.4, -0.2) is 24.2 Å². The molecule has 21 heavy (non-hydrogen) atoms. The molecule has 0 bridgehead atoms. The molecule has 0 fully saturated rings. The van der Waals surface area contributed by atoms with Crippen molar-refractivity contribution >= 4 is 30.1 Å². The summed E-state index contributed by atoms with van der Waals surface area (Å²) < 4.78 is 13.4. The molecule has 3 N–H and O–H groups in total. The van der Waals surface area contributed by atoms with Gasteiger partial charge in [0.15, 0.2) is 0 Å². The molecule has 0 saturated heterocycles. The molecule has 1 aromatic carbocycles. The first-order valence-electron chi connectivity index (χ1n) is 7.04. The molecule has 0 aliphatic heterocycles. The van der Waals surface area contributed by atoms with Gasteiger partial charge in [-0.3, -0.25) is 4.79 Å². The average Bonchev–Trinajstić information content (AvgIpc) is 2.45. The van der Waals surface area contributed by atoms with Gasteiger partial charge >= 0.3 is 0 Å². The highest BCUT2D eigenvalue weighted by Gasteiger charge is 2.10. The lowest BCUT2D eigenvalue weighted by molar-refractivity contribution is -0.121. The summed E-state index contributed by atoms with van der Waals surface area (Å²) >= 11 is 1.36. The van der Waals surface area contributed by atoms with Crippen molar-refractivity contribution in [2.24, 2.45) is 5.73 Å². The van der Waals surface area contributed by atoms with E-state index < -0.39 is 0 Å². The first-order chi connectivity index (χ1) is 9.67. The number of amides is 1. The lowest BCUT2D eigenvalue weighted by Crippen LogP contribution is -2.40. The molecule has 120 valence electrons. The predicted octanol–water partition coefficient (Wildman–Crippen LogP) is 3.36. The molecule has 1 aromatic rings. The number of unbranched alkanes of at least 4 members (excludes halogenated alkanes) is 1. The van der Waals surface area contributed by atoms with Crippen LogP contribution in [-0.2, 0) is 4.79 Å². The maximum absolute atomic E-state index is 13.4. The quantitative estimate of drug-likeness (QED) is 0.681. The molecular formula is C15H24ClFN2OS. The number of halogens is 2. The monoisotopic (exact) mass is 334 g/mol. The van der Waals surface area contributed by atoms with Gasteiger partial charge in [-0.1, -0.05) is 31.9 Å². The van der Waals surface area contributed by atoms with Gasteiger partial charge in [0.2, 0.25) is 5.91 Å². The fourth-order valence-electron chi connectivity index (χ4n) is 1.81. The smallest absolute Gasteiger partial charge is 0.221 e. The SMILES string of the molecule is CCCCC(CN)NC(=O)CCSc1ccccc1F.Cl. The van der Waals surface area contributed by atoms with Crippen molar-refractivity contribution in [2.75, 3.05) is 12.3 Å². The van der Waals surface area contributed by atoms with Gasteiger partial charge in [-0.2, -0.15) is 0 Å². The lowest BCUT2D eigenvalue weighted by atomic mass is 10.1. The molecule has 3 nitrogen and oxygen atoms in total. The molecule has 0 aliphatic carbocycles. The number of benzene rings is 1. The van der Waals surface area contributed by atoms with Crippen molar-refractivity contribution < 1.29 is 9.18 Å². The van der Waals surface area contributed by atoms with E-state index >= 15 is 0 Å². The summed E-state index contributed by atoms with van der Waals surface area (Å²) in [7, 11) is 0. The highest BCUT2D eigenvalue weighted by molar-refractivity contribution is 7.99. The minimum absolute atomic E-state index is 0. The molecular weight excluding hydrogens is 311 g/mol. The Morgan fingerprint density at radius 2 is 2.14 bits per heavy atom. The summed E-state index contributed by atoms with van der Waals surface area (Å²) in [6.45, 7) is 2.58. The first-order valence-corrected chi connectivity index (χ1v) is 8.02. The van der Waals surface area contributed by atoms with E-state index in [9.17, 15) is 9.18 Å². The minimum atomic E-state index is -0.235. The standard InChI is InChI=1S/C15H23FN2OS.ClH/c1-2-3-6-12(11-17)18-15(19)9-10-20-14-8-5-4-7-13(14)16;/h4-5,7-8,12H,2-3,6,9-11,17H2,1H3,(H,18,19);1H. The van der Waals surface area contributed by atoms with Crippen LogP contribution in [0, 0.1) is 5.82 Å². The summed E-state index contributed by atoms with van der Waals surface area (Å²) in [5, 5.41) is 2.93. The van der Waals surface area contributed by atoms with Crippen LogP contribution in [0.5, 0.6) is 0 Å². The summed E-state index contributed by atoms with van der Waals surface area (Å²) in [5.74, 6) is 0.318. The normalized spacial score (nSPS) is 11.6. The maximum atomic E-state index is 13.4. The largest absolute Gasteiger partial charge is 0.352 e. The van der Waals surface area contributed by atoms with Crippen LogP contribution in [0.2, 0.25) is 0 Å². The third-order valence-electron chi connectivity index (χ3n) is 2.98. The predicted molar refractivity (Wildman–Crippen MR) is 89.5 cm³/mol. The molecule has 0 radical (unpaired) electrons. The number of hydrogen-bond acceptors (Lipinski definition) is 3. The average molecular weight is 335 g/mol. The van der Waals surface area contributed by atoms with E-state index in [1.807, 2.05) is 0 Å². The van der Waals surface area contributed by atoms with Crippen molar-refractivity contribution in [2.45, 2.75) is 43.5 Å². The van der Waals surface area contributed by atoms with Gasteiger partial charge in [-0.05, 0) is 18.6 Å². The number of rotatable bonds is 9. The van der Waals surface area contributed by atoms with Crippen molar-refractivity contribution in [1.82, 2.24) is 5.32 Å². The van der Waals surface area contributed by atoms with Gasteiger partial charge in [0.25, 0.3) is 0 Å². The zero-order valence-corrected chi connectivity index (χ0v) is 13.9. The van der Waals surface area contributed by atoms with Gasteiger partial charge in [-0.15, -0.1) is 24.2 Å². The lowest BCUT2D eigenvalue weighted by Gasteiger charge is -2.16. The molecule has 1 unspecified atom stereocenters. The van der Waals surface area contributed by atoms with Crippen molar-refractivity contribution in [3.63, 3.8) is 0 Å². The molecule has 0 spiro atoms. The maximum Gasteiger partial charge on any atom is 0.221 e. The van der Waals surface area contributed by atoms with Crippen LogP contribution in [0.1, 0.15) is 32.6 Å². The van der Waals surface area contributed by atoms with E-state index in [1.54, 1.807) is 18.2 Å². The molecule has 0 heterocycles. The van der Waals surface area contributed by atoms with Crippen molar-refractivity contribution in [3.05, 3.63) is 30.1 Å². The topological polar surface area (TPSA) is 55.1 Å². The van der Waals surface area contributed by atoms with Crippen molar-refractivity contribution in [1.29, 1.82) is 0 Å². The fraction of sp³-hybridized carbons (Fsp3) is 0.533. The second-order valence-corrected chi connectivity index (χ2v) is 5.81. The fourth-order valence-corrected chi connectivity index (χ4v) is 2.70. The number of carbonyl (C=O) groups is 1. The number of carbonyl (C=O) groups excluding carboxylic acids is 1. The van der Waals surface area contributed by atoms with Crippen LogP contribution < -0.4 is 11.1 Å². The Balaban J connectivity index is 0.00000400. The van der Waals surface area contributed by atoms with Crippen LogP contribution in [0.3, 0.4) is 0 Å². The van der Waals surface area contributed by atoms with E-state index in [4.69, 9.17) is 5.73 Å². The van der Waals surface area contributed by atoms with Gasteiger partial charge in [-0.25, -0.2) is 4.39 Å². The van der Waals surface area contributed by atoms with E-state index in [0.717, 1.165) is 19.3 Å². The molecule has 0 aliphatic rings. The Bertz CT molecular complexity index is 420. The Labute approximate surface area is 136 Å². The molecule has 1 atom stereocenters. The number of nitrogens with two attached hydrogens (primary N) is 1. The highest BCUT2D eigenvalue weighted by Crippen LogP contribution is 2.21. The number of nitrogens with one attached hydrogen (secondary N) is 1. The molecule has 1 rings (SSSR count). The van der Waals surface area contributed by atoms with E-state index in [2.05, 4.69) is 12.2 Å². The van der Waals surface area contributed by atoms with Crippen LogP contribution in [0.4, 0.5) is 4.39 Å². The molecule has 0 aromatic heterocycles. The van der Waals surface area contributed by atoms with Crippen LogP contribution in [0.15, 0.2) is 29.2 Å². The van der Waals surface area contributed by atoms with E-state index in [1.165, 1.54) is 17.8 Å². The Morgan fingerprint density at radius 1 is 1.43 bits per heavy atom. The highest BCUT2D eigenvalue weighted by atomic mass is 35.5. The third kappa shape index (κ3) is 8.29. The van der Waals surface area contributed by atoms with Gasteiger partial charge in [0, 0.05) is 29.7 Å². The summed E-state index contributed by atoms with van der Waals surface area (Å²) in [5.41, 5.74) is 5.63. The minimum Gasteiger partial charge on any atom is -0.352 e. The van der Waals surface area contributed by atoms with Gasteiger partial charge in [0.05, 0.1) is 0 Å². The summed E-state index contributed by atoms with van der Waals surface area (Å²) in [6, 6.07) is 6.66. The summed E-state index contributed by atoms with van der Waals surface area (Å²) in [6.07, 6.45) is 3.45. The van der Waals surface area contributed by atoms with Crippen LogP contribution >= 0.6 is 24.2 Å². The zero-order valence-electron chi connectivity index (χ0n) is 12.3. The van der Waals surface area contributed by atoms with Crippen molar-refractivity contribution in [3.8, 4) is 0 Å². The Hall–Kier alpha value is -0.780. The number of hydrogen-bond donors (Lipinski definition) is 2. The third-order valence-corrected chi connectivity index (χ3v) is 4.03.